The topological polar surface area (TPSA) is 0 Å². The van der Waals surface area contributed by atoms with Crippen molar-refractivity contribution in [1.29, 1.82) is 0 Å². The molecule has 0 bridgehead atoms. The molecule has 0 fully saturated rings. The third-order valence-corrected chi connectivity index (χ3v) is 17.2. The fraction of sp³-hybridized carbons (Fsp3) is 0. The van der Waals surface area contributed by atoms with E-state index in [1.165, 1.54) is 150 Å². The lowest BCUT2D eigenvalue weighted by Crippen LogP contribution is -1.93. The molecule has 0 aliphatic heterocycles. The fourth-order valence-corrected chi connectivity index (χ4v) is 14.4. The third kappa shape index (κ3) is 5.82. The maximum absolute atomic E-state index is 2.56. The van der Waals surface area contributed by atoms with E-state index in [2.05, 4.69) is 243 Å². The van der Waals surface area contributed by atoms with Crippen molar-refractivity contribution in [3.05, 3.63) is 243 Å². The normalized spacial score (nSPS) is 12.0. The molecule has 70 heavy (non-hydrogen) atoms. The first-order chi connectivity index (χ1) is 34.8. The van der Waals surface area contributed by atoms with Crippen LogP contribution < -0.4 is 0 Å². The molecule has 324 valence electrons. The van der Waals surface area contributed by atoms with Crippen LogP contribution in [-0.4, -0.2) is 0 Å². The first-order valence-electron chi connectivity index (χ1n) is 24.1. The highest BCUT2D eigenvalue weighted by molar-refractivity contribution is 7.27. The lowest BCUT2D eigenvalue weighted by Gasteiger charge is -2.20. The first-order valence-corrected chi connectivity index (χ1v) is 25.7. The molecule has 0 spiro atoms. The van der Waals surface area contributed by atoms with Crippen LogP contribution in [0, 0.1) is 0 Å². The van der Waals surface area contributed by atoms with E-state index in [-0.39, 0.29) is 0 Å². The zero-order valence-corrected chi connectivity index (χ0v) is 39.5. The average Bonchev–Trinajstić information content (AvgIpc) is 4.02. The maximum atomic E-state index is 2.56. The van der Waals surface area contributed by atoms with Crippen molar-refractivity contribution in [2.24, 2.45) is 0 Å². The second kappa shape index (κ2) is 15.6. The Bertz CT molecular complexity index is 4520. The highest BCUT2D eigenvalue weighted by Crippen LogP contribution is 2.55. The largest absolute Gasteiger partial charge is 0.135 e. The van der Waals surface area contributed by atoms with Crippen molar-refractivity contribution in [3.63, 3.8) is 0 Å². The monoisotopic (exact) mass is 920 g/mol. The molecule has 0 aliphatic carbocycles. The molecular weight excluding hydrogens is 881 g/mol. The summed E-state index contributed by atoms with van der Waals surface area (Å²) >= 11 is 3.88. The van der Waals surface area contributed by atoms with Gasteiger partial charge in [0.1, 0.15) is 0 Å². The van der Waals surface area contributed by atoms with Crippen molar-refractivity contribution >= 4 is 117 Å². The molecular formula is C68H40S2. The minimum Gasteiger partial charge on any atom is -0.135 e. The van der Waals surface area contributed by atoms with Crippen LogP contribution in [0.5, 0.6) is 0 Å². The van der Waals surface area contributed by atoms with Gasteiger partial charge in [-0.15, -0.1) is 22.7 Å². The van der Waals surface area contributed by atoms with Crippen LogP contribution in [0.1, 0.15) is 0 Å². The van der Waals surface area contributed by atoms with Gasteiger partial charge in [-0.2, -0.15) is 0 Å². The van der Waals surface area contributed by atoms with Crippen molar-refractivity contribution in [2.75, 3.05) is 0 Å². The Labute approximate surface area is 412 Å². The van der Waals surface area contributed by atoms with Crippen molar-refractivity contribution in [2.45, 2.75) is 0 Å². The lowest BCUT2D eigenvalue weighted by molar-refractivity contribution is 1.61. The van der Waals surface area contributed by atoms with Gasteiger partial charge in [0.05, 0.1) is 0 Å². The van der Waals surface area contributed by atoms with Gasteiger partial charge in [-0.3, -0.25) is 0 Å². The average molecular weight is 921 g/mol. The Kier molecular flexibility index (Phi) is 8.80. The molecule has 0 unspecified atom stereocenters. The predicted octanol–water partition coefficient (Wildman–Crippen LogP) is 20.5. The molecule has 0 N–H and O–H groups in total. The molecule has 13 aromatic carbocycles. The van der Waals surface area contributed by atoms with Gasteiger partial charge in [-0.25, -0.2) is 0 Å². The standard InChI is InChI=1S/C68H40S2/c1-3-20-41(21-4-1)43-24-19-25-44(38-43)61-48-28-9-13-32-52(48)64(53-33-14-10-29-49(53)61)57-40-45-39-56(63-50-30-11-7-26-46(50)60(42-22-5-2-6-23-42)47-27-8-12-31-51(47)63)67-65(54-34-15-17-36-58(54)69-67)62(45)66-55-35-16-18-37-59(55)70-68(57)66/h1-40H. The van der Waals surface area contributed by atoms with E-state index < -0.39 is 0 Å². The van der Waals surface area contributed by atoms with E-state index in [9.17, 15) is 0 Å². The van der Waals surface area contributed by atoms with Crippen molar-refractivity contribution < 1.29 is 0 Å². The Balaban J connectivity index is 1.11. The first kappa shape index (κ1) is 39.6. The van der Waals surface area contributed by atoms with Crippen molar-refractivity contribution in [3.8, 4) is 55.6 Å². The van der Waals surface area contributed by atoms with Gasteiger partial charge in [0.15, 0.2) is 0 Å². The number of benzene rings is 13. The number of thiophene rings is 2. The van der Waals surface area contributed by atoms with Gasteiger partial charge in [0.2, 0.25) is 0 Å². The van der Waals surface area contributed by atoms with Crippen LogP contribution >= 0.6 is 22.7 Å². The highest BCUT2D eigenvalue weighted by atomic mass is 32.1. The molecule has 0 nitrogen and oxygen atoms in total. The van der Waals surface area contributed by atoms with Crippen LogP contribution in [0.25, 0.3) is 150 Å². The van der Waals surface area contributed by atoms with Crippen LogP contribution in [0.2, 0.25) is 0 Å². The van der Waals surface area contributed by atoms with Crippen molar-refractivity contribution in [1.82, 2.24) is 0 Å². The van der Waals surface area contributed by atoms with Crippen LogP contribution in [0.15, 0.2) is 243 Å². The van der Waals surface area contributed by atoms with E-state index in [0.29, 0.717) is 0 Å². The number of rotatable bonds is 5. The summed E-state index contributed by atoms with van der Waals surface area (Å²) in [6.07, 6.45) is 0. The lowest BCUT2D eigenvalue weighted by atomic mass is 9.83. The zero-order valence-electron chi connectivity index (χ0n) is 37.9. The van der Waals surface area contributed by atoms with Gasteiger partial charge < -0.3 is 0 Å². The summed E-state index contributed by atoms with van der Waals surface area (Å²) in [5.74, 6) is 0. The zero-order chi connectivity index (χ0) is 45.9. The van der Waals surface area contributed by atoms with Crippen LogP contribution in [0.4, 0.5) is 0 Å². The summed E-state index contributed by atoms with van der Waals surface area (Å²) in [6, 6.07) is 90.6. The third-order valence-electron chi connectivity index (χ3n) is 14.8. The molecule has 2 aromatic heterocycles. The Morgan fingerprint density at radius 1 is 0.214 bits per heavy atom. The number of hydrogen-bond donors (Lipinski definition) is 0. The molecule has 15 rings (SSSR count). The molecule has 15 aromatic rings. The molecule has 0 aliphatic rings. The van der Waals surface area contributed by atoms with E-state index in [1.807, 2.05) is 22.7 Å². The summed E-state index contributed by atoms with van der Waals surface area (Å²) in [6.45, 7) is 0. The molecule has 2 heteroatoms. The minimum atomic E-state index is 1.22. The molecule has 2 heterocycles. The molecule has 0 saturated carbocycles. The van der Waals surface area contributed by atoms with Crippen LogP contribution in [0.3, 0.4) is 0 Å². The minimum absolute atomic E-state index is 1.22. The van der Waals surface area contributed by atoms with Gasteiger partial charge in [0, 0.05) is 56.9 Å². The number of fused-ring (bicyclic) bond motifs is 13. The van der Waals surface area contributed by atoms with E-state index in [1.54, 1.807) is 0 Å². The maximum Gasteiger partial charge on any atom is 0.0440 e. The molecule has 0 radical (unpaired) electrons. The quantitative estimate of drug-likeness (QED) is 0.151. The molecule has 0 amide bonds. The Hall–Kier alpha value is -8.40. The number of hydrogen-bond acceptors (Lipinski definition) is 2. The van der Waals surface area contributed by atoms with Gasteiger partial charge in [0.25, 0.3) is 0 Å². The summed E-state index contributed by atoms with van der Waals surface area (Å²) < 4.78 is 5.27. The highest BCUT2D eigenvalue weighted by Gasteiger charge is 2.26. The summed E-state index contributed by atoms with van der Waals surface area (Å²) in [4.78, 5) is 0. The van der Waals surface area contributed by atoms with E-state index in [0.717, 1.165) is 0 Å². The van der Waals surface area contributed by atoms with Crippen LogP contribution in [-0.2, 0) is 0 Å². The van der Waals surface area contributed by atoms with Gasteiger partial charge in [-0.1, -0.05) is 212 Å². The smallest absolute Gasteiger partial charge is 0.0440 e. The van der Waals surface area contributed by atoms with Gasteiger partial charge in [-0.05, 0) is 123 Å². The Morgan fingerprint density at radius 3 is 0.986 bits per heavy atom. The summed E-state index contributed by atoms with van der Waals surface area (Å²) in [5, 5.41) is 18.0. The SMILES string of the molecule is c1ccc(-c2cccc(-c3c4ccccc4c(-c4cc5cc(-c6c7ccccc7c(-c7ccccc7)c7ccccc67)c6sc7ccccc7c6c5c5c4sc4ccccc45)c4ccccc34)c2)cc1. The molecule has 0 saturated heterocycles. The predicted molar refractivity (Wildman–Crippen MR) is 307 cm³/mol. The summed E-state index contributed by atoms with van der Waals surface area (Å²) in [7, 11) is 0. The summed E-state index contributed by atoms with van der Waals surface area (Å²) in [5.41, 5.74) is 12.6. The van der Waals surface area contributed by atoms with E-state index >= 15 is 0 Å². The van der Waals surface area contributed by atoms with Gasteiger partial charge >= 0.3 is 0 Å². The fourth-order valence-electron chi connectivity index (χ4n) is 11.9. The van der Waals surface area contributed by atoms with E-state index in [4.69, 9.17) is 0 Å². The second-order valence-corrected chi connectivity index (χ2v) is 20.7. The molecule has 0 atom stereocenters. The second-order valence-electron chi connectivity index (χ2n) is 18.5. The Morgan fingerprint density at radius 2 is 0.543 bits per heavy atom.